The Kier molecular flexibility index (Phi) is 43.0. The van der Waals surface area contributed by atoms with Crippen LogP contribution in [0.5, 0.6) is 0 Å². The van der Waals surface area contributed by atoms with Gasteiger partial charge in [-0.2, -0.15) is 0 Å². The van der Waals surface area contributed by atoms with Gasteiger partial charge in [0, 0.05) is 63.2 Å². The molecule has 0 bridgehead atoms. The molecule has 0 spiro atoms. The maximum atomic E-state index is 10.8. The molecule has 0 aromatic heterocycles. The third kappa shape index (κ3) is 35.6. The molecule has 14 heteroatoms. The normalized spacial score (nSPS) is 11.1. The average molecular weight is 905 g/mol. The first-order chi connectivity index (χ1) is 30.3. The zero-order valence-corrected chi connectivity index (χ0v) is 40.0. The van der Waals surface area contributed by atoms with Gasteiger partial charge >= 0.3 is 13.3 Å². The minimum Gasteiger partial charge on any atom is -1.00 e. The fraction of sp³-hybridized carbons (Fsp3) is 0.440. The number of allylic oxidation sites excluding steroid dienone is 5. The second-order valence-electron chi connectivity index (χ2n) is 12.6. The Bertz CT molecular complexity index is 1670. The monoisotopic (exact) mass is 905 g/mol. The Balaban J connectivity index is -0.000000836. The van der Waals surface area contributed by atoms with E-state index in [0.29, 0.717) is 52.9 Å². The zero-order valence-electron chi connectivity index (χ0n) is 40.0. The number of ether oxygens (including phenoxy) is 7. The lowest BCUT2D eigenvalue weighted by atomic mass is 10.1. The van der Waals surface area contributed by atoms with Gasteiger partial charge < -0.3 is 37.9 Å². The molecule has 0 saturated carbocycles. The molecular weight excluding hydrogens is 831 g/mol. The van der Waals surface area contributed by atoms with E-state index in [-0.39, 0.29) is 16.8 Å². The number of hydrogen-bond acceptors (Lipinski definition) is 8. The van der Waals surface area contributed by atoms with Gasteiger partial charge in [0.15, 0.2) is 12.1 Å². The summed E-state index contributed by atoms with van der Waals surface area (Å²) < 4.78 is 71.3. The highest BCUT2D eigenvalue weighted by atomic mass is 19.4. The molecule has 64 heavy (non-hydrogen) atoms. The number of halogens is 4. The van der Waals surface area contributed by atoms with Crippen LogP contribution in [0.25, 0.3) is 5.76 Å². The fourth-order valence-corrected chi connectivity index (χ4v) is 4.60. The highest BCUT2D eigenvalue weighted by Gasteiger charge is 2.10. The predicted molar refractivity (Wildman–Crippen MR) is 252 cm³/mol. The Morgan fingerprint density at radius 1 is 0.594 bits per heavy atom. The number of Topliss-reactive ketones (excluding diaryl/α,β-unsaturated/α-hetero) is 1. The van der Waals surface area contributed by atoms with E-state index in [1.165, 1.54) is 16.7 Å². The molecule has 0 N–H and O–H groups in total. The van der Waals surface area contributed by atoms with Crippen molar-refractivity contribution < 1.29 is 60.0 Å². The molecule has 0 aliphatic carbocycles. The molecule has 0 unspecified atom stereocenters. The van der Waals surface area contributed by atoms with Crippen LogP contribution >= 0.6 is 0 Å². The summed E-state index contributed by atoms with van der Waals surface area (Å²) in [4.78, 5) is 10.8. The van der Waals surface area contributed by atoms with Crippen LogP contribution in [0.3, 0.4) is 0 Å². The van der Waals surface area contributed by atoms with Gasteiger partial charge in [-0.25, -0.2) is 0 Å². The smallest absolute Gasteiger partial charge is 0.762 e. The molecule has 0 atom stereocenters. The SMILES string of the molecule is CC(=O)c1ccc(C)cc1.CCO/C(=C/C=C/C=C/C(=[O+]CC)c1ccc(C)cc1)c1ccc(C)cc1.CCO/C=C/C(OCC)OCC.CCOC(OCC)OCC.FB(F)F.[F-]. The molecule has 3 rings (SSSR count). The van der Waals surface area contributed by atoms with Crippen molar-refractivity contribution in [3.05, 3.63) is 149 Å². The van der Waals surface area contributed by atoms with E-state index in [4.69, 9.17) is 37.6 Å². The van der Waals surface area contributed by atoms with Gasteiger partial charge in [0.05, 0.1) is 25.0 Å². The van der Waals surface area contributed by atoms with Crippen molar-refractivity contribution in [1.29, 1.82) is 0 Å². The summed E-state index contributed by atoms with van der Waals surface area (Å²) in [6.45, 7) is 27.9. The lowest BCUT2D eigenvalue weighted by molar-refractivity contribution is -0.282. The summed E-state index contributed by atoms with van der Waals surface area (Å²) in [5.41, 5.74) is 6.61. The van der Waals surface area contributed by atoms with Gasteiger partial charge in [0.2, 0.25) is 0 Å². The number of carbonyl (C=O) groups excluding carboxylic acids is 2. The van der Waals surface area contributed by atoms with Gasteiger partial charge in [0.25, 0.3) is 13.1 Å². The second-order valence-corrected chi connectivity index (χ2v) is 12.6. The summed E-state index contributed by atoms with van der Waals surface area (Å²) in [5, 5.41) is 0. The highest BCUT2D eigenvalue weighted by molar-refractivity contribution is 6.33. The highest BCUT2D eigenvalue weighted by Crippen LogP contribution is 2.17. The van der Waals surface area contributed by atoms with Gasteiger partial charge in [-0.3, -0.25) is 22.2 Å². The van der Waals surface area contributed by atoms with Crippen molar-refractivity contribution in [2.75, 3.05) is 52.9 Å². The topological polar surface area (TPSA) is 93.0 Å². The molecule has 0 aliphatic rings. The Morgan fingerprint density at radius 2 is 1.02 bits per heavy atom. The van der Waals surface area contributed by atoms with Crippen molar-refractivity contribution in [3.63, 3.8) is 0 Å². The molecule has 3 aromatic rings. The molecule has 358 valence electrons. The summed E-state index contributed by atoms with van der Waals surface area (Å²) in [5.74, 6) is 1.87. The van der Waals surface area contributed by atoms with Gasteiger partial charge in [0.1, 0.15) is 5.76 Å². The van der Waals surface area contributed by atoms with Gasteiger partial charge in [-0.05, 0) is 94.4 Å². The van der Waals surface area contributed by atoms with Crippen LogP contribution in [0.2, 0.25) is 0 Å². The largest absolute Gasteiger partial charge is 1.00 e. The first kappa shape index (κ1) is 63.4. The van der Waals surface area contributed by atoms with E-state index in [9.17, 15) is 17.7 Å². The first-order valence-corrected chi connectivity index (χ1v) is 21.4. The number of hydrogen-bond donors (Lipinski definition) is 0. The molecule has 3 aromatic carbocycles. The Hall–Kier alpha value is -4.86. The van der Waals surface area contributed by atoms with Crippen molar-refractivity contribution in [2.24, 2.45) is 0 Å². The molecule has 0 amide bonds. The van der Waals surface area contributed by atoms with Crippen molar-refractivity contribution in [3.8, 4) is 0 Å². The van der Waals surface area contributed by atoms with E-state index in [0.717, 1.165) is 28.2 Å². The fourth-order valence-electron chi connectivity index (χ4n) is 4.60. The molecule has 0 fully saturated rings. The number of benzene rings is 3. The second kappa shape index (κ2) is 43.4. The quantitative estimate of drug-likeness (QED) is 0.0144. The minimum atomic E-state index is -3.67. The molecule has 9 nitrogen and oxygen atoms in total. The van der Waals surface area contributed by atoms with Crippen molar-refractivity contribution >= 4 is 24.9 Å². The summed E-state index contributed by atoms with van der Waals surface area (Å²) in [7, 11) is -3.67. The number of aryl methyl sites for hydroxylation is 3. The minimum absolute atomic E-state index is 0. The van der Waals surface area contributed by atoms with E-state index in [1.54, 1.807) is 19.3 Å². The molecular formula is C50H73BF4O9. The van der Waals surface area contributed by atoms with Crippen molar-refractivity contribution in [2.45, 2.75) is 95.9 Å². The van der Waals surface area contributed by atoms with Crippen LogP contribution in [0.1, 0.15) is 105 Å². The van der Waals surface area contributed by atoms with Crippen LogP contribution in [-0.4, -0.2) is 84.7 Å². The maximum Gasteiger partial charge on any atom is 0.762 e. The van der Waals surface area contributed by atoms with E-state index in [2.05, 4.69) is 62.4 Å². The van der Waals surface area contributed by atoms with Gasteiger partial charge in [-0.1, -0.05) is 95.6 Å². The summed E-state index contributed by atoms with van der Waals surface area (Å²) in [6.07, 6.45) is 13.0. The predicted octanol–water partition coefficient (Wildman–Crippen LogP) is 9.63. The lowest BCUT2D eigenvalue weighted by Crippen LogP contribution is -3.00. The maximum absolute atomic E-state index is 10.8. The zero-order chi connectivity index (χ0) is 47.7. The van der Waals surface area contributed by atoms with E-state index < -0.39 is 14.0 Å². The number of rotatable bonds is 22. The lowest BCUT2D eigenvalue weighted by Gasteiger charge is -2.15. The van der Waals surface area contributed by atoms with Crippen LogP contribution in [0.15, 0.2) is 116 Å². The molecule has 0 saturated heterocycles. The Morgan fingerprint density at radius 3 is 1.39 bits per heavy atom. The number of ketones is 2. The van der Waals surface area contributed by atoms with E-state index in [1.807, 2.05) is 117 Å². The third-order valence-corrected chi connectivity index (χ3v) is 7.52. The van der Waals surface area contributed by atoms with E-state index >= 15 is 0 Å². The molecule has 0 heterocycles. The number of carbonyl (C=O) groups is 1. The van der Waals surface area contributed by atoms with Crippen LogP contribution < -0.4 is 4.70 Å². The van der Waals surface area contributed by atoms with Crippen LogP contribution in [-0.2, 0) is 33.2 Å². The Labute approximate surface area is 381 Å². The standard InChI is InChI=1S/C25H29O2.C9H18O3.C9H10O.C7H16O3.BF3.FH/c1-5-26-24(22-16-12-20(3)13-17-22)10-8-7-9-11-25(27-6-2)23-18-14-21(4)15-19-23;1-4-10-8-7-9(11-5-2)12-6-3;1-7-3-5-9(6-4-7)8(2)10;1-4-8-7(9-5-2)10-6-3;2-1(3)4;/h7-19H,5-6H2,1-4H3;7-9H,4-6H2,1-3H3;3-6H,1-2H3;7H,4-6H2,1-3H3;;1H/q+1;;;;;/p-1/b8-7+,11-9+,24-10+;8-7+;;;;. The van der Waals surface area contributed by atoms with Crippen molar-refractivity contribution in [1.82, 2.24) is 0 Å². The summed E-state index contributed by atoms with van der Waals surface area (Å²) in [6, 6.07) is 24.3. The van der Waals surface area contributed by atoms with Gasteiger partial charge in [-0.15, -0.1) is 0 Å². The molecule has 0 aliphatic heterocycles. The third-order valence-electron chi connectivity index (χ3n) is 7.52. The summed E-state index contributed by atoms with van der Waals surface area (Å²) >= 11 is 0. The van der Waals surface area contributed by atoms with Crippen LogP contribution in [0, 0.1) is 20.8 Å². The van der Waals surface area contributed by atoms with Crippen LogP contribution in [0.4, 0.5) is 12.9 Å². The first-order valence-electron chi connectivity index (χ1n) is 21.4. The molecule has 0 radical (unpaired) electrons. The average Bonchev–Trinajstić information content (AvgIpc) is 3.25.